The quantitative estimate of drug-likeness (QED) is 0.506. The molecule has 0 amide bonds. The maximum Gasteiger partial charge on any atom is 0.348 e. The van der Waals surface area contributed by atoms with Crippen molar-refractivity contribution in [1.82, 2.24) is 9.97 Å². The molecule has 2 N–H and O–H groups in total. The summed E-state index contributed by atoms with van der Waals surface area (Å²) < 4.78 is 0. The lowest BCUT2D eigenvalue weighted by Crippen LogP contribution is -2.06. The monoisotopic (exact) mass is 280 g/mol. The van der Waals surface area contributed by atoms with E-state index in [0.717, 1.165) is 6.33 Å². The number of nitro groups is 1. The van der Waals surface area contributed by atoms with E-state index in [9.17, 15) is 15.2 Å². The van der Waals surface area contributed by atoms with E-state index in [0.29, 0.717) is 5.56 Å². The molecule has 1 aromatic carbocycles. The molecule has 0 bridgehead atoms. The van der Waals surface area contributed by atoms with Crippen molar-refractivity contribution in [1.29, 1.82) is 0 Å². The normalized spacial score (nSPS) is 10.2. The van der Waals surface area contributed by atoms with Gasteiger partial charge in [-0.05, 0) is 6.07 Å². The van der Waals surface area contributed by atoms with Gasteiger partial charge in [0.15, 0.2) is 0 Å². The highest BCUT2D eigenvalue weighted by Gasteiger charge is 2.21. The molecular formula is C11H9ClN4O3. The summed E-state index contributed by atoms with van der Waals surface area (Å²) in [6, 6.07) is 6.65. The first kappa shape index (κ1) is 13.0. The first-order valence-electron chi connectivity index (χ1n) is 5.25. The van der Waals surface area contributed by atoms with Gasteiger partial charge in [-0.25, -0.2) is 9.97 Å². The molecule has 0 atom stereocenters. The third-order valence-electron chi connectivity index (χ3n) is 2.40. The van der Waals surface area contributed by atoms with Crippen molar-refractivity contribution in [2.24, 2.45) is 0 Å². The third kappa shape index (κ3) is 2.89. The Morgan fingerprint density at radius 3 is 2.79 bits per heavy atom. The first-order valence-corrected chi connectivity index (χ1v) is 5.63. The number of anilines is 1. The highest BCUT2D eigenvalue weighted by atomic mass is 35.5. The zero-order chi connectivity index (χ0) is 13.8. The summed E-state index contributed by atoms with van der Waals surface area (Å²) in [5.74, 6) is 0.103. The smallest absolute Gasteiger partial charge is 0.348 e. The van der Waals surface area contributed by atoms with E-state index in [2.05, 4.69) is 15.3 Å². The number of hydrogen-bond acceptors (Lipinski definition) is 6. The number of aromatic hydroxyl groups is 1. The van der Waals surface area contributed by atoms with Gasteiger partial charge >= 0.3 is 5.69 Å². The van der Waals surface area contributed by atoms with Gasteiger partial charge in [-0.1, -0.05) is 29.8 Å². The number of nitrogens with zero attached hydrogens (tertiary/aromatic N) is 3. The molecule has 0 saturated carbocycles. The molecule has 2 aromatic rings. The number of aromatic nitrogens is 2. The molecule has 0 unspecified atom stereocenters. The van der Waals surface area contributed by atoms with Crippen LogP contribution in [0.3, 0.4) is 0 Å². The first-order chi connectivity index (χ1) is 9.09. The van der Waals surface area contributed by atoms with Crippen LogP contribution in [-0.4, -0.2) is 20.0 Å². The molecule has 0 fully saturated rings. The minimum absolute atomic E-state index is 0.00764. The second kappa shape index (κ2) is 5.49. The lowest BCUT2D eigenvalue weighted by atomic mass is 10.2. The largest absolute Gasteiger partial charge is 0.508 e. The molecule has 0 spiro atoms. The summed E-state index contributed by atoms with van der Waals surface area (Å²) >= 11 is 5.66. The lowest BCUT2D eigenvalue weighted by Gasteiger charge is -2.07. The average Bonchev–Trinajstić information content (AvgIpc) is 2.37. The fourth-order valence-corrected chi connectivity index (χ4v) is 1.69. The van der Waals surface area contributed by atoms with E-state index in [4.69, 9.17) is 11.6 Å². The molecule has 19 heavy (non-hydrogen) atoms. The Balaban J connectivity index is 2.23. The van der Waals surface area contributed by atoms with E-state index >= 15 is 0 Å². The fraction of sp³-hybridized carbons (Fsp3) is 0.0909. The zero-order valence-electron chi connectivity index (χ0n) is 9.58. The van der Waals surface area contributed by atoms with E-state index in [-0.39, 0.29) is 29.0 Å². The number of phenols is 1. The van der Waals surface area contributed by atoms with Crippen LogP contribution in [-0.2, 0) is 6.54 Å². The van der Waals surface area contributed by atoms with Gasteiger partial charge in [0, 0.05) is 12.1 Å². The minimum atomic E-state index is -0.657. The van der Waals surface area contributed by atoms with Crippen LogP contribution < -0.4 is 5.32 Å². The Labute approximate surface area is 113 Å². The lowest BCUT2D eigenvalue weighted by molar-refractivity contribution is -0.384. The standard InChI is InChI=1S/C11H9ClN4O3/c12-10-9(16(18)19)11(15-6-14-10)13-5-7-3-1-2-4-8(7)17/h1-4,6,17H,5H2,(H,13,14,15). The molecule has 0 aliphatic carbocycles. The maximum atomic E-state index is 10.9. The number of phenolic OH excluding ortho intramolecular Hbond substituents is 1. The van der Waals surface area contributed by atoms with Crippen molar-refractivity contribution in [2.75, 3.05) is 5.32 Å². The number of hydrogen-bond donors (Lipinski definition) is 2. The predicted molar refractivity (Wildman–Crippen MR) is 69.1 cm³/mol. The van der Waals surface area contributed by atoms with E-state index < -0.39 is 4.92 Å². The van der Waals surface area contributed by atoms with Gasteiger partial charge in [-0.2, -0.15) is 0 Å². The van der Waals surface area contributed by atoms with Crippen LogP contribution in [0.25, 0.3) is 0 Å². The molecule has 1 heterocycles. The van der Waals surface area contributed by atoms with Gasteiger partial charge in [0.25, 0.3) is 0 Å². The Morgan fingerprint density at radius 2 is 2.11 bits per heavy atom. The number of halogens is 1. The number of nitrogens with one attached hydrogen (secondary N) is 1. The number of benzene rings is 1. The summed E-state index contributed by atoms with van der Waals surface area (Å²) in [5.41, 5.74) is 0.200. The summed E-state index contributed by atoms with van der Waals surface area (Å²) in [6.45, 7) is 0.181. The number of para-hydroxylation sites is 1. The second-order valence-electron chi connectivity index (χ2n) is 3.60. The van der Waals surface area contributed by atoms with Crippen molar-refractivity contribution in [3.8, 4) is 5.75 Å². The van der Waals surface area contributed by atoms with Crippen LogP contribution in [0.2, 0.25) is 5.15 Å². The van der Waals surface area contributed by atoms with Gasteiger partial charge < -0.3 is 10.4 Å². The third-order valence-corrected chi connectivity index (χ3v) is 2.67. The van der Waals surface area contributed by atoms with Crippen molar-refractivity contribution in [3.63, 3.8) is 0 Å². The van der Waals surface area contributed by atoms with Gasteiger partial charge in [0.1, 0.15) is 12.1 Å². The molecule has 7 nitrogen and oxygen atoms in total. The summed E-state index contributed by atoms with van der Waals surface area (Å²) in [6.07, 6.45) is 1.13. The molecule has 8 heteroatoms. The van der Waals surface area contributed by atoms with Crippen molar-refractivity contribution >= 4 is 23.1 Å². The maximum absolute atomic E-state index is 10.9. The Bertz CT molecular complexity index is 621. The Kier molecular flexibility index (Phi) is 3.76. The topological polar surface area (TPSA) is 101 Å². The van der Waals surface area contributed by atoms with Gasteiger partial charge in [0.2, 0.25) is 11.0 Å². The van der Waals surface area contributed by atoms with Crippen LogP contribution in [0.4, 0.5) is 11.5 Å². The van der Waals surface area contributed by atoms with Crippen molar-refractivity contribution in [2.45, 2.75) is 6.54 Å². The second-order valence-corrected chi connectivity index (χ2v) is 3.96. The molecule has 0 radical (unpaired) electrons. The molecule has 98 valence electrons. The van der Waals surface area contributed by atoms with Crippen LogP contribution in [0, 0.1) is 10.1 Å². The minimum Gasteiger partial charge on any atom is -0.508 e. The highest BCUT2D eigenvalue weighted by Crippen LogP contribution is 2.29. The van der Waals surface area contributed by atoms with E-state index in [1.54, 1.807) is 18.2 Å². The average molecular weight is 281 g/mol. The zero-order valence-corrected chi connectivity index (χ0v) is 10.3. The Morgan fingerprint density at radius 1 is 1.37 bits per heavy atom. The summed E-state index contributed by atoms with van der Waals surface area (Å²) in [5, 5.41) is 23.0. The summed E-state index contributed by atoms with van der Waals surface area (Å²) in [4.78, 5) is 17.5. The van der Waals surface area contributed by atoms with Gasteiger partial charge in [-0.3, -0.25) is 10.1 Å². The SMILES string of the molecule is O=[N+]([O-])c1c(Cl)ncnc1NCc1ccccc1O. The van der Waals surface area contributed by atoms with Crippen LogP contribution in [0.1, 0.15) is 5.56 Å². The molecule has 1 aromatic heterocycles. The molecular weight excluding hydrogens is 272 g/mol. The van der Waals surface area contributed by atoms with Gasteiger partial charge in [0.05, 0.1) is 4.92 Å². The van der Waals surface area contributed by atoms with E-state index in [1.165, 1.54) is 6.07 Å². The van der Waals surface area contributed by atoms with E-state index in [1.807, 2.05) is 0 Å². The molecule has 2 rings (SSSR count). The van der Waals surface area contributed by atoms with Crippen molar-refractivity contribution < 1.29 is 10.0 Å². The highest BCUT2D eigenvalue weighted by molar-refractivity contribution is 6.31. The predicted octanol–water partition coefficient (Wildman–Crippen LogP) is 2.36. The van der Waals surface area contributed by atoms with Crippen LogP contribution in [0.15, 0.2) is 30.6 Å². The van der Waals surface area contributed by atoms with Crippen molar-refractivity contribution in [3.05, 3.63) is 51.4 Å². The molecule has 0 saturated heterocycles. The van der Waals surface area contributed by atoms with Crippen LogP contribution in [0.5, 0.6) is 5.75 Å². The molecule has 0 aliphatic heterocycles. The fourth-order valence-electron chi connectivity index (χ4n) is 1.49. The summed E-state index contributed by atoms with van der Waals surface area (Å²) in [7, 11) is 0. The van der Waals surface area contributed by atoms with Crippen LogP contribution >= 0.6 is 11.6 Å². The Hall–Kier alpha value is -2.41. The number of rotatable bonds is 4. The van der Waals surface area contributed by atoms with Gasteiger partial charge in [-0.15, -0.1) is 0 Å². The molecule has 0 aliphatic rings.